The number of nitrogens with one attached hydrogen (secondary N) is 1. The number of nitrogens with zero attached hydrogens (tertiary/aromatic N) is 1. The second-order valence-corrected chi connectivity index (χ2v) is 3.41. The van der Waals surface area contributed by atoms with E-state index in [-0.39, 0.29) is 0 Å². The summed E-state index contributed by atoms with van der Waals surface area (Å²) in [6.45, 7) is 0.929. The summed E-state index contributed by atoms with van der Waals surface area (Å²) in [6, 6.07) is 7.30. The first-order valence-electron chi connectivity index (χ1n) is 3.75. The van der Waals surface area contributed by atoms with Crippen LogP contribution in [0.4, 0.5) is 0 Å². The highest BCUT2D eigenvalue weighted by Crippen LogP contribution is 2.18. The zero-order valence-electron chi connectivity index (χ0n) is 6.85. The van der Waals surface area contributed by atoms with E-state index < -0.39 is 0 Å². The van der Waals surface area contributed by atoms with E-state index in [4.69, 9.17) is 28.5 Å². The molecule has 0 unspecified atom stereocenters. The molecular weight excluding hydrogens is 207 g/mol. The van der Waals surface area contributed by atoms with Gasteiger partial charge in [0.25, 0.3) is 0 Å². The van der Waals surface area contributed by atoms with Gasteiger partial charge >= 0.3 is 0 Å². The summed E-state index contributed by atoms with van der Waals surface area (Å²) in [7, 11) is 0. The third kappa shape index (κ3) is 3.65. The summed E-state index contributed by atoms with van der Waals surface area (Å²) in [6.07, 6.45) is 0. The van der Waals surface area contributed by atoms with Gasteiger partial charge in [0.05, 0.1) is 12.6 Å². The average molecular weight is 215 g/mol. The predicted molar refractivity (Wildman–Crippen MR) is 53.8 cm³/mol. The van der Waals surface area contributed by atoms with Crippen molar-refractivity contribution in [3.05, 3.63) is 33.8 Å². The van der Waals surface area contributed by atoms with E-state index in [2.05, 4.69) is 5.32 Å². The number of benzene rings is 1. The van der Waals surface area contributed by atoms with Crippen molar-refractivity contribution in [1.82, 2.24) is 5.32 Å². The average Bonchev–Trinajstić information content (AvgIpc) is 2.03. The van der Waals surface area contributed by atoms with Crippen LogP contribution in [-0.4, -0.2) is 6.54 Å². The van der Waals surface area contributed by atoms with Crippen LogP contribution in [0.1, 0.15) is 5.56 Å². The highest BCUT2D eigenvalue weighted by molar-refractivity contribution is 6.34. The SMILES string of the molecule is N#CCNCc1cc(Cl)cc(Cl)c1. The molecule has 68 valence electrons. The van der Waals surface area contributed by atoms with Gasteiger partial charge in [-0.2, -0.15) is 5.26 Å². The van der Waals surface area contributed by atoms with Crippen molar-refractivity contribution in [2.75, 3.05) is 6.54 Å². The van der Waals surface area contributed by atoms with Crippen molar-refractivity contribution in [1.29, 1.82) is 5.26 Å². The molecule has 0 atom stereocenters. The van der Waals surface area contributed by atoms with Crippen LogP contribution in [0.5, 0.6) is 0 Å². The third-order valence-electron chi connectivity index (χ3n) is 1.46. The van der Waals surface area contributed by atoms with Gasteiger partial charge < -0.3 is 5.32 Å². The topological polar surface area (TPSA) is 35.8 Å². The molecule has 0 radical (unpaired) electrons. The maximum atomic E-state index is 8.29. The Balaban J connectivity index is 2.62. The van der Waals surface area contributed by atoms with Gasteiger partial charge in [0.15, 0.2) is 0 Å². The number of hydrogen-bond acceptors (Lipinski definition) is 2. The van der Waals surface area contributed by atoms with Crippen LogP contribution in [0, 0.1) is 11.3 Å². The fourth-order valence-electron chi connectivity index (χ4n) is 0.976. The second-order valence-electron chi connectivity index (χ2n) is 2.54. The van der Waals surface area contributed by atoms with Crippen molar-refractivity contribution in [2.24, 2.45) is 0 Å². The van der Waals surface area contributed by atoms with Gasteiger partial charge in [0.1, 0.15) is 0 Å². The van der Waals surface area contributed by atoms with E-state index in [1.165, 1.54) is 0 Å². The molecule has 1 aromatic carbocycles. The molecular formula is C9H8Cl2N2. The van der Waals surface area contributed by atoms with Crippen LogP contribution in [0.15, 0.2) is 18.2 Å². The summed E-state index contributed by atoms with van der Waals surface area (Å²) < 4.78 is 0. The third-order valence-corrected chi connectivity index (χ3v) is 1.89. The van der Waals surface area contributed by atoms with Crippen LogP contribution in [-0.2, 0) is 6.54 Å². The molecule has 0 fully saturated rings. The monoisotopic (exact) mass is 214 g/mol. The zero-order valence-corrected chi connectivity index (χ0v) is 8.36. The lowest BCUT2D eigenvalue weighted by molar-refractivity contribution is 0.766. The van der Waals surface area contributed by atoms with Crippen LogP contribution in [0.2, 0.25) is 10.0 Å². The molecule has 0 bridgehead atoms. The van der Waals surface area contributed by atoms with Crippen molar-refractivity contribution in [2.45, 2.75) is 6.54 Å². The Bertz CT molecular complexity index is 311. The predicted octanol–water partition coefficient (Wildman–Crippen LogP) is 2.61. The van der Waals surface area contributed by atoms with Gasteiger partial charge in [0.2, 0.25) is 0 Å². The molecule has 0 heterocycles. The molecule has 0 saturated carbocycles. The maximum absolute atomic E-state index is 8.29. The Kier molecular flexibility index (Phi) is 4.04. The summed E-state index contributed by atoms with van der Waals surface area (Å²) in [5.74, 6) is 0. The molecule has 0 aliphatic heterocycles. The lowest BCUT2D eigenvalue weighted by Gasteiger charge is -2.02. The molecule has 0 spiro atoms. The van der Waals surface area contributed by atoms with Crippen LogP contribution in [0.3, 0.4) is 0 Å². The van der Waals surface area contributed by atoms with Gasteiger partial charge in [-0.15, -0.1) is 0 Å². The molecule has 0 aromatic heterocycles. The number of hydrogen-bond donors (Lipinski definition) is 1. The molecule has 1 rings (SSSR count). The van der Waals surface area contributed by atoms with E-state index in [0.717, 1.165) is 5.56 Å². The lowest BCUT2D eigenvalue weighted by atomic mass is 10.2. The minimum Gasteiger partial charge on any atom is -0.300 e. The Hall–Kier alpha value is -0.750. The smallest absolute Gasteiger partial charge is 0.0843 e. The first kappa shape index (κ1) is 10.3. The lowest BCUT2D eigenvalue weighted by Crippen LogP contribution is -2.12. The fraction of sp³-hybridized carbons (Fsp3) is 0.222. The quantitative estimate of drug-likeness (QED) is 0.621. The number of rotatable bonds is 3. The largest absolute Gasteiger partial charge is 0.300 e. The molecule has 0 aliphatic rings. The van der Waals surface area contributed by atoms with E-state index in [0.29, 0.717) is 23.1 Å². The summed E-state index contributed by atoms with van der Waals surface area (Å²) in [5.41, 5.74) is 0.979. The van der Waals surface area contributed by atoms with Crippen molar-refractivity contribution in [3.8, 4) is 6.07 Å². The zero-order chi connectivity index (χ0) is 9.68. The normalized spacial score (nSPS) is 9.62. The van der Waals surface area contributed by atoms with Gasteiger partial charge in [-0.3, -0.25) is 0 Å². The van der Waals surface area contributed by atoms with E-state index in [1.807, 2.05) is 18.2 Å². The van der Waals surface area contributed by atoms with Crippen molar-refractivity contribution in [3.63, 3.8) is 0 Å². The second kappa shape index (κ2) is 5.08. The molecule has 0 amide bonds. The van der Waals surface area contributed by atoms with Crippen molar-refractivity contribution < 1.29 is 0 Å². The molecule has 1 aromatic rings. The maximum Gasteiger partial charge on any atom is 0.0843 e. The van der Waals surface area contributed by atoms with E-state index in [1.54, 1.807) is 6.07 Å². The van der Waals surface area contributed by atoms with Gasteiger partial charge in [-0.1, -0.05) is 23.2 Å². The standard InChI is InChI=1S/C9H8Cl2N2/c10-8-3-7(4-9(11)5-8)6-13-2-1-12/h3-5,13H,2,6H2. The summed E-state index contributed by atoms with van der Waals surface area (Å²) in [5, 5.41) is 12.4. The number of halogens is 2. The summed E-state index contributed by atoms with van der Waals surface area (Å²) >= 11 is 11.6. The molecule has 1 N–H and O–H groups in total. The molecule has 0 saturated heterocycles. The Morgan fingerprint density at radius 3 is 2.38 bits per heavy atom. The molecule has 0 aliphatic carbocycles. The number of nitriles is 1. The summed E-state index contributed by atoms with van der Waals surface area (Å²) in [4.78, 5) is 0. The highest BCUT2D eigenvalue weighted by atomic mass is 35.5. The molecule has 4 heteroatoms. The van der Waals surface area contributed by atoms with Crippen LogP contribution >= 0.6 is 23.2 Å². The Morgan fingerprint density at radius 1 is 1.23 bits per heavy atom. The minimum atomic E-state index is 0.324. The van der Waals surface area contributed by atoms with Crippen LogP contribution in [0.25, 0.3) is 0 Å². The van der Waals surface area contributed by atoms with E-state index >= 15 is 0 Å². The first-order chi connectivity index (χ1) is 6.22. The van der Waals surface area contributed by atoms with Gasteiger partial charge in [0, 0.05) is 16.6 Å². The minimum absolute atomic E-state index is 0.324. The fourth-order valence-corrected chi connectivity index (χ4v) is 1.55. The van der Waals surface area contributed by atoms with Gasteiger partial charge in [-0.05, 0) is 23.8 Å². The Morgan fingerprint density at radius 2 is 1.85 bits per heavy atom. The van der Waals surface area contributed by atoms with Crippen LogP contribution < -0.4 is 5.32 Å². The molecule has 13 heavy (non-hydrogen) atoms. The van der Waals surface area contributed by atoms with E-state index in [9.17, 15) is 0 Å². The highest BCUT2D eigenvalue weighted by Gasteiger charge is 1.97. The first-order valence-corrected chi connectivity index (χ1v) is 4.50. The Labute approximate surface area is 87.1 Å². The van der Waals surface area contributed by atoms with Crippen molar-refractivity contribution >= 4 is 23.2 Å². The van der Waals surface area contributed by atoms with Gasteiger partial charge in [-0.25, -0.2) is 0 Å². The molecule has 2 nitrogen and oxygen atoms in total.